The third kappa shape index (κ3) is 5.86. The van der Waals surface area contributed by atoms with Crippen LogP contribution in [0.3, 0.4) is 0 Å². The number of hydrogen-bond donors (Lipinski definition) is 2. The zero-order chi connectivity index (χ0) is 18.3. The quantitative estimate of drug-likeness (QED) is 0.757. The van der Waals surface area contributed by atoms with E-state index in [1.807, 2.05) is 6.92 Å². The van der Waals surface area contributed by atoms with Crippen LogP contribution in [-0.2, 0) is 9.59 Å². The van der Waals surface area contributed by atoms with E-state index in [-0.39, 0.29) is 5.92 Å². The minimum absolute atomic E-state index is 0.386. The Labute approximate surface area is 139 Å². The number of halogens is 3. The summed E-state index contributed by atoms with van der Waals surface area (Å²) >= 11 is 0. The molecule has 0 aliphatic heterocycles. The lowest BCUT2D eigenvalue weighted by Gasteiger charge is -2.29. The van der Waals surface area contributed by atoms with Crippen LogP contribution >= 0.6 is 0 Å². The fourth-order valence-electron chi connectivity index (χ4n) is 2.75. The summed E-state index contributed by atoms with van der Waals surface area (Å²) in [6.45, 7) is 2.67. The van der Waals surface area contributed by atoms with Crippen LogP contribution in [-0.4, -0.2) is 29.7 Å². The molecule has 1 amide bonds. The van der Waals surface area contributed by atoms with Gasteiger partial charge in [-0.2, -0.15) is 13.2 Å². The van der Waals surface area contributed by atoms with E-state index < -0.39 is 42.9 Å². The molecule has 0 aliphatic rings. The first kappa shape index (κ1) is 20.0. The van der Waals surface area contributed by atoms with Gasteiger partial charge < -0.3 is 10.4 Å². The number of benzene rings is 1. The van der Waals surface area contributed by atoms with Gasteiger partial charge in [0.25, 0.3) is 0 Å². The highest BCUT2D eigenvalue weighted by Crippen LogP contribution is 2.33. The molecule has 0 radical (unpaired) electrons. The highest BCUT2D eigenvalue weighted by atomic mass is 19.4. The molecule has 1 aromatic carbocycles. The third-order valence-corrected chi connectivity index (χ3v) is 4.04. The average molecular weight is 345 g/mol. The van der Waals surface area contributed by atoms with Crippen molar-refractivity contribution in [2.75, 3.05) is 6.54 Å². The smallest absolute Gasteiger partial charge is 0.390 e. The summed E-state index contributed by atoms with van der Waals surface area (Å²) in [6.07, 6.45) is -5.02. The summed E-state index contributed by atoms with van der Waals surface area (Å²) in [7, 11) is 0. The zero-order valence-electron chi connectivity index (χ0n) is 13.6. The Hall–Kier alpha value is -2.05. The van der Waals surface area contributed by atoms with E-state index in [0.29, 0.717) is 6.42 Å². The number of hydrogen-bond acceptors (Lipinski definition) is 2. The first-order chi connectivity index (χ1) is 11.2. The minimum Gasteiger partial charge on any atom is -0.481 e. The van der Waals surface area contributed by atoms with Crippen LogP contribution < -0.4 is 5.32 Å². The number of amides is 1. The summed E-state index contributed by atoms with van der Waals surface area (Å²) in [4.78, 5) is 23.8. The van der Waals surface area contributed by atoms with Gasteiger partial charge in [-0.05, 0) is 17.9 Å². The molecule has 7 heteroatoms. The molecular formula is C17H22F3NO3. The molecule has 0 saturated heterocycles. The van der Waals surface area contributed by atoms with E-state index in [9.17, 15) is 27.9 Å². The first-order valence-corrected chi connectivity index (χ1v) is 7.79. The average Bonchev–Trinajstić information content (AvgIpc) is 2.51. The van der Waals surface area contributed by atoms with Gasteiger partial charge in [0.2, 0.25) is 5.91 Å². The van der Waals surface area contributed by atoms with Gasteiger partial charge in [0.1, 0.15) is 0 Å². The van der Waals surface area contributed by atoms with Gasteiger partial charge in [0.05, 0.1) is 18.3 Å². The lowest BCUT2D eigenvalue weighted by atomic mass is 9.76. The van der Waals surface area contributed by atoms with Crippen molar-refractivity contribution in [3.05, 3.63) is 35.9 Å². The molecule has 0 aliphatic carbocycles. The Morgan fingerprint density at radius 2 is 1.79 bits per heavy atom. The lowest BCUT2D eigenvalue weighted by molar-refractivity contribution is -0.148. The highest BCUT2D eigenvalue weighted by molar-refractivity contribution is 5.85. The van der Waals surface area contributed by atoms with Crippen LogP contribution in [0.25, 0.3) is 0 Å². The second-order valence-electron chi connectivity index (χ2n) is 5.73. The highest BCUT2D eigenvalue weighted by Gasteiger charge is 2.37. The minimum atomic E-state index is -4.37. The summed E-state index contributed by atoms with van der Waals surface area (Å²) in [5, 5.41) is 11.5. The van der Waals surface area contributed by atoms with Gasteiger partial charge in [-0.3, -0.25) is 9.59 Å². The first-order valence-electron chi connectivity index (χ1n) is 7.79. The Bertz CT molecular complexity index is 546. The fraction of sp³-hybridized carbons (Fsp3) is 0.529. The van der Waals surface area contributed by atoms with Crippen molar-refractivity contribution in [2.24, 2.45) is 11.8 Å². The van der Waals surface area contributed by atoms with E-state index >= 15 is 0 Å². The van der Waals surface area contributed by atoms with Gasteiger partial charge in [-0.1, -0.05) is 44.2 Å². The molecule has 1 rings (SSSR count). The van der Waals surface area contributed by atoms with Crippen LogP contribution in [0.1, 0.15) is 38.2 Å². The van der Waals surface area contributed by atoms with Gasteiger partial charge in [-0.25, -0.2) is 0 Å². The standard InChI is InChI=1S/C17H22F3NO3/c1-3-13(12-7-5-4-6-8-12)14(11(2)16(23)24)15(22)21-10-9-17(18,19)20/h4-8,11,13-14H,3,9-10H2,1-2H3,(H,21,22)(H,23,24). The van der Waals surface area contributed by atoms with Crippen LogP contribution in [0.2, 0.25) is 0 Å². The molecule has 0 bridgehead atoms. The van der Waals surface area contributed by atoms with E-state index in [2.05, 4.69) is 5.32 Å². The summed E-state index contributed by atoms with van der Waals surface area (Å²) in [5.74, 6) is -4.16. The van der Waals surface area contributed by atoms with Crippen LogP contribution in [0.15, 0.2) is 30.3 Å². The van der Waals surface area contributed by atoms with Crippen molar-refractivity contribution in [2.45, 2.75) is 38.8 Å². The van der Waals surface area contributed by atoms with Gasteiger partial charge in [-0.15, -0.1) is 0 Å². The maximum Gasteiger partial charge on any atom is 0.390 e. The fourth-order valence-corrected chi connectivity index (χ4v) is 2.75. The van der Waals surface area contributed by atoms with Crippen LogP contribution in [0.5, 0.6) is 0 Å². The summed E-state index contributed by atoms with van der Waals surface area (Å²) < 4.78 is 36.7. The predicted molar refractivity (Wildman–Crippen MR) is 83.4 cm³/mol. The van der Waals surface area contributed by atoms with E-state index in [0.717, 1.165) is 5.56 Å². The van der Waals surface area contributed by atoms with Crippen LogP contribution in [0.4, 0.5) is 13.2 Å². The molecule has 0 saturated carbocycles. The van der Waals surface area contributed by atoms with Crippen molar-refractivity contribution in [3.63, 3.8) is 0 Å². The van der Waals surface area contributed by atoms with Crippen molar-refractivity contribution in [1.82, 2.24) is 5.32 Å². The summed E-state index contributed by atoms with van der Waals surface area (Å²) in [6, 6.07) is 8.94. The van der Waals surface area contributed by atoms with E-state index in [4.69, 9.17) is 0 Å². The molecule has 0 heterocycles. The van der Waals surface area contributed by atoms with Crippen molar-refractivity contribution in [1.29, 1.82) is 0 Å². The molecule has 4 nitrogen and oxygen atoms in total. The Morgan fingerprint density at radius 1 is 1.21 bits per heavy atom. The molecular weight excluding hydrogens is 323 g/mol. The van der Waals surface area contributed by atoms with Crippen molar-refractivity contribution in [3.8, 4) is 0 Å². The largest absolute Gasteiger partial charge is 0.481 e. The summed E-state index contributed by atoms with van der Waals surface area (Å²) in [5.41, 5.74) is 0.795. The number of aliphatic carboxylic acids is 1. The van der Waals surface area contributed by atoms with Gasteiger partial charge in [0.15, 0.2) is 0 Å². The topological polar surface area (TPSA) is 66.4 Å². The van der Waals surface area contributed by atoms with E-state index in [1.165, 1.54) is 6.92 Å². The number of carbonyl (C=O) groups is 2. The van der Waals surface area contributed by atoms with Crippen molar-refractivity contribution < 1.29 is 27.9 Å². The molecule has 2 N–H and O–H groups in total. The molecule has 0 spiro atoms. The lowest BCUT2D eigenvalue weighted by Crippen LogP contribution is -2.41. The number of rotatable bonds is 8. The van der Waals surface area contributed by atoms with Crippen LogP contribution in [0, 0.1) is 11.8 Å². The molecule has 3 unspecified atom stereocenters. The zero-order valence-corrected chi connectivity index (χ0v) is 13.6. The molecule has 3 atom stereocenters. The third-order valence-electron chi connectivity index (χ3n) is 4.04. The molecule has 1 aromatic rings. The number of nitrogens with one attached hydrogen (secondary N) is 1. The van der Waals surface area contributed by atoms with Gasteiger partial charge in [0, 0.05) is 6.54 Å². The Balaban J connectivity index is 2.98. The Morgan fingerprint density at radius 3 is 2.25 bits per heavy atom. The predicted octanol–water partition coefficient (Wildman–Crippen LogP) is 3.59. The second-order valence-corrected chi connectivity index (χ2v) is 5.73. The maximum atomic E-state index is 12.4. The van der Waals surface area contributed by atoms with E-state index in [1.54, 1.807) is 30.3 Å². The van der Waals surface area contributed by atoms with Crippen molar-refractivity contribution >= 4 is 11.9 Å². The molecule has 0 aromatic heterocycles. The second kappa shape index (κ2) is 8.70. The number of carbonyl (C=O) groups excluding carboxylic acids is 1. The maximum absolute atomic E-state index is 12.4. The Kier molecular flexibility index (Phi) is 7.25. The monoisotopic (exact) mass is 345 g/mol. The molecule has 24 heavy (non-hydrogen) atoms. The molecule has 134 valence electrons. The number of carboxylic acids is 1. The molecule has 0 fully saturated rings. The number of carboxylic acid groups (broad SMARTS) is 1. The normalized spacial score (nSPS) is 15.4. The van der Waals surface area contributed by atoms with Gasteiger partial charge >= 0.3 is 12.1 Å². The SMILES string of the molecule is CCC(c1ccccc1)C(C(=O)NCCC(F)(F)F)C(C)C(=O)O. The number of alkyl halides is 3.